The molecule has 1 saturated heterocycles. The number of nitrogens with zero attached hydrogens (tertiary/aromatic N) is 2. The molecule has 0 bridgehead atoms. The van der Waals surface area contributed by atoms with E-state index in [0.717, 1.165) is 16.8 Å². The van der Waals surface area contributed by atoms with Crippen molar-refractivity contribution >= 4 is 12.1 Å². The number of carbonyl (C=O) groups excluding carboxylic acids is 2. The minimum absolute atomic E-state index is 0.124. The Morgan fingerprint density at radius 3 is 2.10 bits per heavy atom. The lowest BCUT2D eigenvalue weighted by Crippen LogP contribution is -2.49. The van der Waals surface area contributed by atoms with Crippen LogP contribution in [0.5, 0.6) is 5.88 Å². The van der Waals surface area contributed by atoms with E-state index in [9.17, 15) is 9.59 Å². The molecule has 1 N–H and O–H groups in total. The topological polar surface area (TPSA) is 90.0 Å². The number of amides is 1. The molecule has 1 fully saturated rings. The molecule has 226 valence electrons. The molecule has 0 spiro atoms. The highest BCUT2D eigenvalue weighted by Crippen LogP contribution is 2.49. The summed E-state index contributed by atoms with van der Waals surface area (Å²) in [4.78, 5) is 34.0. The molecule has 1 amide bonds. The third-order valence-corrected chi connectivity index (χ3v) is 7.37. The van der Waals surface area contributed by atoms with Gasteiger partial charge in [-0.1, -0.05) is 77.9 Å². The number of aromatic nitrogens is 1. The number of likely N-dealkylation sites (tertiary alicyclic amines) is 1. The number of rotatable bonds is 7. The molecule has 4 atom stereocenters. The number of ether oxygens (including phenoxy) is 3. The summed E-state index contributed by atoms with van der Waals surface area (Å²) in [6, 6.07) is 12.2. The molecular weight excluding hydrogens is 518 g/mol. The smallest absolute Gasteiger partial charge is 0.411 e. The Morgan fingerprint density at radius 2 is 1.59 bits per heavy atom. The van der Waals surface area contributed by atoms with Gasteiger partial charge in [0.05, 0.1) is 19.8 Å². The van der Waals surface area contributed by atoms with E-state index in [1.54, 1.807) is 18.9 Å². The standard InChI is InChI=1S/C33H49N3O5/c1-12-40-29(37)27-24(32(5,6)7)25(34-20-22-18-19-23(31(2,3)4)35-28(22)39-11)26(21-16-14-13-15-17-21)36(27)30(38)41-33(8,9)10/h13-19,24-27,34H,12,20H2,1-11H3/t24-,25-,26-,27-/m0/s1. The molecule has 41 heavy (non-hydrogen) atoms. The van der Waals surface area contributed by atoms with E-state index in [1.807, 2.05) is 63.2 Å². The lowest BCUT2D eigenvalue weighted by Gasteiger charge is -2.36. The van der Waals surface area contributed by atoms with Gasteiger partial charge < -0.3 is 19.5 Å². The quantitative estimate of drug-likeness (QED) is 0.386. The first-order chi connectivity index (χ1) is 19.0. The molecule has 3 rings (SSSR count). The van der Waals surface area contributed by atoms with Crippen LogP contribution in [0.4, 0.5) is 4.79 Å². The average Bonchev–Trinajstić information content (AvgIpc) is 3.22. The molecule has 0 unspecified atom stereocenters. The van der Waals surface area contributed by atoms with Crippen molar-refractivity contribution < 1.29 is 23.8 Å². The van der Waals surface area contributed by atoms with Gasteiger partial charge in [0.2, 0.25) is 5.88 Å². The van der Waals surface area contributed by atoms with Gasteiger partial charge in [-0.2, -0.15) is 0 Å². The maximum atomic E-state index is 13.9. The van der Waals surface area contributed by atoms with Gasteiger partial charge in [-0.25, -0.2) is 14.6 Å². The van der Waals surface area contributed by atoms with E-state index >= 15 is 0 Å². The van der Waals surface area contributed by atoms with Crippen LogP contribution in [0, 0.1) is 11.3 Å². The first-order valence-electron chi connectivity index (χ1n) is 14.5. The van der Waals surface area contributed by atoms with E-state index in [0.29, 0.717) is 12.4 Å². The predicted molar refractivity (Wildman–Crippen MR) is 161 cm³/mol. The molecule has 1 aliphatic heterocycles. The predicted octanol–water partition coefficient (Wildman–Crippen LogP) is 6.43. The van der Waals surface area contributed by atoms with Crippen molar-refractivity contribution in [3.63, 3.8) is 0 Å². The first kappa shape index (κ1) is 32.4. The normalized spacial score (nSPS) is 21.5. The molecule has 1 aliphatic rings. The number of methoxy groups -OCH3 is 1. The lowest BCUT2D eigenvalue weighted by atomic mass is 9.72. The molecular formula is C33H49N3O5. The van der Waals surface area contributed by atoms with Crippen molar-refractivity contribution in [2.24, 2.45) is 11.3 Å². The Labute approximate surface area is 246 Å². The summed E-state index contributed by atoms with van der Waals surface area (Å²) in [7, 11) is 1.62. The number of pyridine rings is 1. The largest absolute Gasteiger partial charge is 0.481 e. The van der Waals surface area contributed by atoms with Crippen molar-refractivity contribution in [3.05, 3.63) is 59.3 Å². The van der Waals surface area contributed by atoms with E-state index in [4.69, 9.17) is 19.2 Å². The van der Waals surface area contributed by atoms with Gasteiger partial charge >= 0.3 is 12.1 Å². The SMILES string of the molecule is CCOC(=O)[C@@H]1[C@@H](C(C)(C)C)[C@H](NCc2ccc(C(C)(C)C)nc2OC)[C@H](c2ccccc2)N1C(=O)OC(C)(C)C. The summed E-state index contributed by atoms with van der Waals surface area (Å²) in [5.74, 6) is -0.179. The highest BCUT2D eigenvalue weighted by Gasteiger charge is 2.59. The zero-order valence-corrected chi connectivity index (χ0v) is 26.7. The second kappa shape index (κ2) is 12.4. The zero-order valence-electron chi connectivity index (χ0n) is 26.7. The van der Waals surface area contributed by atoms with Crippen LogP contribution >= 0.6 is 0 Å². The number of benzene rings is 1. The molecule has 8 heteroatoms. The molecule has 0 radical (unpaired) electrons. The molecule has 8 nitrogen and oxygen atoms in total. The summed E-state index contributed by atoms with van der Waals surface area (Å²) in [5, 5.41) is 3.73. The third kappa shape index (κ3) is 7.59. The van der Waals surface area contributed by atoms with Crippen molar-refractivity contribution in [3.8, 4) is 5.88 Å². The second-order valence-electron chi connectivity index (χ2n) is 13.9. The van der Waals surface area contributed by atoms with Crippen LogP contribution in [0.15, 0.2) is 42.5 Å². The Hall–Kier alpha value is -3.13. The molecule has 2 aromatic rings. The van der Waals surface area contributed by atoms with Crippen molar-refractivity contribution in [1.82, 2.24) is 15.2 Å². The molecule has 2 heterocycles. The number of nitrogens with one attached hydrogen (secondary N) is 1. The highest BCUT2D eigenvalue weighted by molar-refractivity contribution is 5.83. The number of hydrogen-bond acceptors (Lipinski definition) is 7. The van der Waals surface area contributed by atoms with Crippen LogP contribution in [-0.2, 0) is 26.2 Å². The zero-order chi connectivity index (χ0) is 30.8. The van der Waals surface area contributed by atoms with E-state index in [2.05, 4.69) is 46.9 Å². The summed E-state index contributed by atoms with van der Waals surface area (Å²) in [5.41, 5.74) is 1.49. The summed E-state index contributed by atoms with van der Waals surface area (Å²) >= 11 is 0. The van der Waals surface area contributed by atoms with Gasteiger partial charge in [0.25, 0.3) is 0 Å². The third-order valence-electron chi connectivity index (χ3n) is 7.37. The fraction of sp³-hybridized carbons (Fsp3) is 0.606. The van der Waals surface area contributed by atoms with Gasteiger partial charge in [-0.15, -0.1) is 0 Å². The van der Waals surface area contributed by atoms with Gasteiger partial charge in [0, 0.05) is 35.2 Å². The molecule has 0 aliphatic carbocycles. The minimum atomic E-state index is -0.851. The van der Waals surface area contributed by atoms with Gasteiger partial charge in [-0.05, 0) is 44.7 Å². The Kier molecular flexibility index (Phi) is 9.79. The summed E-state index contributed by atoms with van der Waals surface area (Å²) in [6.07, 6.45) is -0.545. The first-order valence-corrected chi connectivity index (χ1v) is 14.5. The average molecular weight is 568 g/mol. The minimum Gasteiger partial charge on any atom is -0.481 e. The van der Waals surface area contributed by atoms with Crippen molar-refractivity contribution in [1.29, 1.82) is 0 Å². The Morgan fingerprint density at radius 1 is 0.951 bits per heavy atom. The monoisotopic (exact) mass is 567 g/mol. The fourth-order valence-corrected chi connectivity index (χ4v) is 5.64. The molecule has 0 saturated carbocycles. The van der Waals surface area contributed by atoms with Crippen LogP contribution in [0.3, 0.4) is 0 Å². The van der Waals surface area contributed by atoms with Gasteiger partial charge in [-0.3, -0.25) is 4.90 Å². The van der Waals surface area contributed by atoms with E-state index in [-0.39, 0.29) is 29.4 Å². The number of carbonyl (C=O) groups is 2. The molecule has 1 aromatic heterocycles. The maximum absolute atomic E-state index is 13.9. The summed E-state index contributed by atoms with van der Waals surface area (Å²) < 4.78 is 17.2. The fourth-order valence-electron chi connectivity index (χ4n) is 5.64. The highest BCUT2D eigenvalue weighted by atomic mass is 16.6. The van der Waals surface area contributed by atoms with Crippen LogP contribution in [0.1, 0.15) is 92.1 Å². The van der Waals surface area contributed by atoms with Crippen LogP contribution < -0.4 is 10.1 Å². The molecule has 1 aromatic carbocycles. The second-order valence-corrected chi connectivity index (χ2v) is 13.9. The van der Waals surface area contributed by atoms with Crippen LogP contribution in [0.25, 0.3) is 0 Å². The van der Waals surface area contributed by atoms with Crippen molar-refractivity contribution in [2.45, 2.75) is 105 Å². The maximum Gasteiger partial charge on any atom is 0.411 e. The van der Waals surface area contributed by atoms with E-state index < -0.39 is 29.7 Å². The number of hydrogen-bond donors (Lipinski definition) is 1. The lowest BCUT2D eigenvalue weighted by molar-refractivity contribution is -0.151. The van der Waals surface area contributed by atoms with Crippen LogP contribution in [-0.4, -0.2) is 53.3 Å². The van der Waals surface area contributed by atoms with Gasteiger partial charge in [0.1, 0.15) is 11.6 Å². The summed E-state index contributed by atoms with van der Waals surface area (Å²) in [6.45, 7) is 20.5. The Balaban J connectivity index is 2.16. The Bertz CT molecular complexity index is 1190. The van der Waals surface area contributed by atoms with Gasteiger partial charge in [0.15, 0.2) is 0 Å². The van der Waals surface area contributed by atoms with Crippen LogP contribution in [0.2, 0.25) is 0 Å². The number of esters is 1. The van der Waals surface area contributed by atoms with E-state index in [1.165, 1.54) is 0 Å². The van der Waals surface area contributed by atoms with Crippen molar-refractivity contribution in [2.75, 3.05) is 13.7 Å².